The van der Waals surface area contributed by atoms with Crippen molar-refractivity contribution in [1.82, 2.24) is 14.4 Å². The van der Waals surface area contributed by atoms with E-state index in [0.29, 0.717) is 0 Å². The van der Waals surface area contributed by atoms with Crippen LogP contribution < -0.4 is 0 Å². The lowest BCUT2D eigenvalue weighted by Crippen LogP contribution is -2.34. The van der Waals surface area contributed by atoms with Crippen LogP contribution in [0, 0.1) is 0 Å². The number of nitrogens with zero attached hydrogens (tertiary/aromatic N) is 3. The fourth-order valence-electron chi connectivity index (χ4n) is 3.17. The van der Waals surface area contributed by atoms with Crippen molar-refractivity contribution in [2.75, 3.05) is 33.7 Å². The summed E-state index contributed by atoms with van der Waals surface area (Å²) < 4.78 is 2.49. The number of para-hydroxylation sites is 1. The van der Waals surface area contributed by atoms with Gasteiger partial charge in [-0.05, 0) is 57.5 Å². The molecule has 3 nitrogen and oxygen atoms in total. The molecule has 0 saturated carbocycles. The zero-order valence-electron chi connectivity index (χ0n) is 12.7. The van der Waals surface area contributed by atoms with E-state index in [2.05, 4.69) is 58.8 Å². The number of hydrogen-bond donors (Lipinski definition) is 0. The van der Waals surface area contributed by atoms with Gasteiger partial charge in [-0.1, -0.05) is 18.2 Å². The third-order valence-corrected chi connectivity index (χ3v) is 4.25. The van der Waals surface area contributed by atoms with Crippen molar-refractivity contribution >= 4 is 10.9 Å². The molecule has 1 aliphatic heterocycles. The van der Waals surface area contributed by atoms with Crippen LogP contribution in [0.25, 0.3) is 10.9 Å². The van der Waals surface area contributed by atoms with Gasteiger partial charge in [-0.15, -0.1) is 0 Å². The number of unbranched alkanes of at least 4 members (excludes halogenated alkanes) is 1. The van der Waals surface area contributed by atoms with Crippen molar-refractivity contribution in [3.05, 3.63) is 36.0 Å². The Bertz CT molecular complexity index is 571. The smallest absolute Gasteiger partial charge is 0.0483 e. The SMILES string of the molecule is CN(C)CCCCN1CCn2c(cc3ccccc32)C1. The van der Waals surface area contributed by atoms with Crippen LogP contribution in [0.4, 0.5) is 0 Å². The molecular weight excluding hydrogens is 246 g/mol. The molecule has 3 rings (SSSR count). The lowest BCUT2D eigenvalue weighted by molar-refractivity contribution is 0.216. The molecule has 108 valence electrons. The minimum Gasteiger partial charge on any atom is -0.342 e. The zero-order valence-corrected chi connectivity index (χ0v) is 12.7. The van der Waals surface area contributed by atoms with Crippen LogP contribution in [-0.4, -0.2) is 48.1 Å². The Labute approximate surface area is 121 Å². The minimum atomic E-state index is 1.11. The van der Waals surface area contributed by atoms with Gasteiger partial charge in [0.1, 0.15) is 0 Å². The van der Waals surface area contributed by atoms with E-state index in [-0.39, 0.29) is 0 Å². The van der Waals surface area contributed by atoms with Crippen molar-refractivity contribution in [3.63, 3.8) is 0 Å². The van der Waals surface area contributed by atoms with E-state index in [1.54, 1.807) is 0 Å². The highest BCUT2D eigenvalue weighted by molar-refractivity contribution is 5.81. The van der Waals surface area contributed by atoms with Crippen molar-refractivity contribution in [1.29, 1.82) is 0 Å². The molecule has 2 aromatic rings. The Morgan fingerprint density at radius 2 is 1.95 bits per heavy atom. The quantitative estimate of drug-likeness (QED) is 0.775. The molecule has 1 aliphatic rings. The highest BCUT2D eigenvalue weighted by Gasteiger charge is 2.17. The average Bonchev–Trinajstić information content (AvgIpc) is 2.81. The first kappa shape index (κ1) is 13.7. The first-order chi connectivity index (χ1) is 9.74. The van der Waals surface area contributed by atoms with E-state index >= 15 is 0 Å². The van der Waals surface area contributed by atoms with E-state index in [9.17, 15) is 0 Å². The monoisotopic (exact) mass is 271 g/mol. The van der Waals surface area contributed by atoms with Crippen molar-refractivity contribution in [3.8, 4) is 0 Å². The predicted octanol–water partition coefficient (Wildman–Crippen LogP) is 2.80. The van der Waals surface area contributed by atoms with Gasteiger partial charge in [0, 0.05) is 30.8 Å². The van der Waals surface area contributed by atoms with Crippen LogP contribution in [0.3, 0.4) is 0 Å². The molecule has 0 radical (unpaired) electrons. The van der Waals surface area contributed by atoms with Crippen molar-refractivity contribution < 1.29 is 0 Å². The summed E-state index contributed by atoms with van der Waals surface area (Å²) in [6, 6.07) is 11.1. The van der Waals surface area contributed by atoms with Gasteiger partial charge in [-0.25, -0.2) is 0 Å². The van der Waals surface area contributed by atoms with Crippen LogP contribution >= 0.6 is 0 Å². The first-order valence-corrected chi connectivity index (χ1v) is 7.68. The Morgan fingerprint density at radius 3 is 2.80 bits per heavy atom. The van der Waals surface area contributed by atoms with Crippen LogP contribution in [0.5, 0.6) is 0 Å². The molecule has 0 atom stereocenters. The maximum atomic E-state index is 2.60. The molecule has 0 saturated heterocycles. The van der Waals surface area contributed by atoms with Gasteiger partial charge >= 0.3 is 0 Å². The molecule has 0 fully saturated rings. The molecule has 1 aromatic carbocycles. The van der Waals surface area contributed by atoms with Gasteiger partial charge in [0.25, 0.3) is 0 Å². The lowest BCUT2D eigenvalue weighted by atomic mass is 10.2. The number of rotatable bonds is 5. The summed E-state index contributed by atoms with van der Waals surface area (Å²) in [6.45, 7) is 5.87. The second-order valence-corrected chi connectivity index (χ2v) is 6.13. The van der Waals surface area contributed by atoms with Crippen LogP contribution in [0.2, 0.25) is 0 Å². The molecule has 0 N–H and O–H groups in total. The highest BCUT2D eigenvalue weighted by Crippen LogP contribution is 2.23. The normalized spacial score (nSPS) is 15.9. The lowest BCUT2D eigenvalue weighted by Gasteiger charge is -2.29. The number of hydrogen-bond acceptors (Lipinski definition) is 2. The molecule has 0 aliphatic carbocycles. The summed E-state index contributed by atoms with van der Waals surface area (Å²) in [5, 5.41) is 1.39. The van der Waals surface area contributed by atoms with Gasteiger partial charge in [0.15, 0.2) is 0 Å². The molecule has 0 unspecified atom stereocenters. The summed E-state index contributed by atoms with van der Waals surface area (Å²) in [6.07, 6.45) is 2.60. The third kappa shape index (κ3) is 2.89. The van der Waals surface area contributed by atoms with Gasteiger partial charge in [0.05, 0.1) is 0 Å². The first-order valence-electron chi connectivity index (χ1n) is 7.68. The summed E-state index contributed by atoms with van der Waals surface area (Å²) in [5.74, 6) is 0. The van der Waals surface area contributed by atoms with Gasteiger partial charge in [-0.2, -0.15) is 0 Å². The Balaban J connectivity index is 1.61. The highest BCUT2D eigenvalue weighted by atomic mass is 15.2. The molecule has 2 heterocycles. The molecular formula is C17H25N3. The van der Waals surface area contributed by atoms with Crippen molar-refractivity contribution in [2.45, 2.75) is 25.9 Å². The summed E-state index contributed by atoms with van der Waals surface area (Å²) in [4.78, 5) is 4.87. The van der Waals surface area contributed by atoms with E-state index in [1.807, 2.05) is 0 Å². The predicted molar refractivity (Wildman–Crippen MR) is 85.0 cm³/mol. The topological polar surface area (TPSA) is 11.4 Å². The van der Waals surface area contributed by atoms with Gasteiger partial charge in [-0.3, -0.25) is 4.90 Å². The fraction of sp³-hybridized carbons (Fsp3) is 0.529. The zero-order chi connectivity index (χ0) is 13.9. The molecule has 1 aromatic heterocycles. The molecule has 20 heavy (non-hydrogen) atoms. The Morgan fingerprint density at radius 1 is 1.10 bits per heavy atom. The molecule has 0 spiro atoms. The summed E-state index contributed by atoms with van der Waals surface area (Å²) >= 11 is 0. The number of benzene rings is 1. The van der Waals surface area contributed by atoms with Crippen LogP contribution in [0.1, 0.15) is 18.5 Å². The molecule has 0 amide bonds. The largest absolute Gasteiger partial charge is 0.342 e. The number of aromatic nitrogens is 1. The second kappa shape index (κ2) is 5.98. The Kier molecular flexibility index (Phi) is 4.08. The fourth-order valence-corrected chi connectivity index (χ4v) is 3.17. The minimum absolute atomic E-state index is 1.11. The third-order valence-electron chi connectivity index (χ3n) is 4.25. The second-order valence-electron chi connectivity index (χ2n) is 6.13. The summed E-state index contributed by atoms with van der Waals surface area (Å²) in [7, 11) is 4.30. The molecule has 3 heteroatoms. The van der Waals surface area contributed by atoms with E-state index < -0.39 is 0 Å². The van der Waals surface area contributed by atoms with Crippen LogP contribution in [-0.2, 0) is 13.1 Å². The van der Waals surface area contributed by atoms with E-state index in [4.69, 9.17) is 0 Å². The van der Waals surface area contributed by atoms with E-state index in [1.165, 1.54) is 49.1 Å². The molecule has 0 bridgehead atoms. The van der Waals surface area contributed by atoms with Gasteiger partial charge in [0.2, 0.25) is 0 Å². The van der Waals surface area contributed by atoms with Crippen molar-refractivity contribution in [2.24, 2.45) is 0 Å². The summed E-state index contributed by atoms with van der Waals surface area (Å²) in [5.41, 5.74) is 2.87. The average molecular weight is 271 g/mol. The van der Waals surface area contributed by atoms with E-state index in [0.717, 1.165) is 13.1 Å². The van der Waals surface area contributed by atoms with Crippen LogP contribution in [0.15, 0.2) is 30.3 Å². The van der Waals surface area contributed by atoms with Gasteiger partial charge < -0.3 is 9.47 Å². The maximum absolute atomic E-state index is 2.60. The standard InChI is InChI=1S/C17H25N3/c1-18(2)9-5-6-10-19-11-12-20-16(14-19)13-15-7-3-4-8-17(15)20/h3-4,7-8,13H,5-6,9-12,14H2,1-2H3. The maximum Gasteiger partial charge on any atom is 0.0483 e. The number of fused-ring (bicyclic) bond motifs is 3. The Hall–Kier alpha value is -1.32.